The van der Waals surface area contributed by atoms with Gasteiger partial charge in [-0.3, -0.25) is 4.79 Å². The van der Waals surface area contributed by atoms with Crippen molar-refractivity contribution in [2.45, 2.75) is 24.8 Å². The van der Waals surface area contributed by atoms with Crippen LogP contribution in [0.15, 0.2) is 35.2 Å². The summed E-state index contributed by atoms with van der Waals surface area (Å²) < 4.78 is 71.8. The number of amides is 1. The molecule has 2 N–H and O–H groups in total. The lowest BCUT2D eigenvalue weighted by atomic mass is 10.2. The molecule has 1 amide bonds. The number of anilines is 1. The van der Waals surface area contributed by atoms with Crippen LogP contribution in [0.1, 0.15) is 12.5 Å². The predicted molar refractivity (Wildman–Crippen MR) is 92.5 cm³/mol. The van der Waals surface area contributed by atoms with Gasteiger partial charge in [0.2, 0.25) is 15.9 Å². The average molecular weight is 402 g/mol. The standard InChI is InChI=1S/C17H17F3N2O4S/c1-9-8-11(4-7-14(9)26-3)27(24,25)22-10(2)17(23)21-13-6-5-12(18)15(19)16(13)20/h4-8,10,22H,1-3H3,(H,21,23)/t10-/m1/s1. The van der Waals surface area contributed by atoms with E-state index in [4.69, 9.17) is 4.74 Å². The molecule has 2 rings (SSSR count). The van der Waals surface area contributed by atoms with Crippen molar-refractivity contribution in [2.75, 3.05) is 12.4 Å². The van der Waals surface area contributed by atoms with Crippen LogP contribution >= 0.6 is 0 Å². The molecule has 6 nitrogen and oxygen atoms in total. The van der Waals surface area contributed by atoms with Crippen LogP contribution in [0.25, 0.3) is 0 Å². The first kappa shape index (κ1) is 20.7. The maximum Gasteiger partial charge on any atom is 0.242 e. The number of aryl methyl sites for hydroxylation is 1. The lowest BCUT2D eigenvalue weighted by Crippen LogP contribution is -2.41. The van der Waals surface area contributed by atoms with Crippen molar-refractivity contribution in [1.82, 2.24) is 4.72 Å². The van der Waals surface area contributed by atoms with Crippen molar-refractivity contribution < 1.29 is 31.1 Å². The summed E-state index contributed by atoms with van der Waals surface area (Å²) in [6.45, 7) is 2.88. The molecule has 0 spiro atoms. The molecular formula is C17H17F3N2O4S. The molecule has 0 aliphatic carbocycles. The van der Waals surface area contributed by atoms with Crippen molar-refractivity contribution in [2.24, 2.45) is 0 Å². The molecule has 0 saturated heterocycles. The smallest absolute Gasteiger partial charge is 0.242 e. The number of carbonyl (C=O) groups excluding carboxylic acids is 1. The largest absolute Gasteiger partial charge is 0.496 e. The third-order valence-corrected chi connectivity index (χ3v) is 5.23. The predicted octanol–water partition coefficient (Wildman–Crippen LogP) is 2.73. The highest BCUT2D eigenvalue weighted by Gasteiger charge is 2.24. The van der Waals surface area contributed by atoms with Gasteiger partial charge in [-0.05, 0) is 49.7 Å². The van der Waals surface area contributed by atoms with E-state index in [0.717, 1.165) is 6.07 Å². The fraction of sp³-hybridized carbons (Fsp3) is 0.235. The highest BCUT2D eigenvalue weighted by Crippen LogP contribution is 2.22. The minimum Gasteiger partial charge on any atom is -0.496 e. The van der Waals surface area contributed by atoms with Gasteiger partial charge in [-0.25, -0.2) is 21.6 Å². The molecule has 0 aliphatic heterocycles. The van der Waals surface area contributed by atoms with E-state index in [0.29, 0.717) is 17.4 Å². The first-order valence-electron chi connectivity index (χ1n) is 7.68. The van der Waals surface area contributed by atoms with E-state index in [2.05, 4.69) is 4.72 Å². The van der Waals surface area contributed by atoms with Crippen molar-refractivity contribution in [1.29, 1.82) is 0 Å². The van der Waals surface area contributed by atoms with Crippen molar-refractivity contribution >= 4 is 21.6 Å². The average Bonchev–Trinajstić information content (AvgIpc) is 2.61. The number of ether oxygens (including phenoxy) is 1. The Bertz CT molecular complexity index is 980. The van der Waals surface area contributed by atoms with Gasteiger partial charge in [-0.2, -0.15) is 4.72 Å². The zero-order valence-electron chi connectivity index (χ0n) is 14.6. The molecule has 0 heterocycles. The van der Waals surface area contributed by atoms with Crippen LogP contribution in [0.5, 0.6) is 5.75 Å². The quantitative estimate of drug-likeness (QED) is 0.728. The van der Waals surface area contributed by atoms with Gasteiger partial charge in [0, 0.05) is 0 Å². The highest BCUT2D eigenvalue weighted by atomic mass is 32.2. The van der Waals surface area contributed by atoms with Crippen molar-refractivity contribution in [3.63, 3.8) is 0 Å². The molecule has 2 aromatic rings. The number of nitrogens with one attached hydrogen (secondary N) is 2. The molecule has 0 fully saturated rings. The lowest BCUT2D eigenvalue weighted by molar-refractivity contribution is -0.117. The van der Waals surface area contributed by atoms with E-state index in [-0.39, 0.29) is 4.90 Å². The van der Waals surface area contributed by atoms with E-state index < -0.39 is 45.1 Å². The Morgan fingerprint density at radius 2 is 1.78 bits per heavy atom. The van der Waals surface area contributed by atoms with Crippen LogP contribution in [0.3, 0.4) is 0 Å². The monoisotopic (exact) mass is 402 g/mol. The number of benzene rings is 2. The van der Waals surface area contributed by atoms with Crippen molar-refractivity contribution in [3.8, 4) is 5.75 Å². The second kappa shape index (κ2) is 7.97. The number of hydrogen-bond acceptors (Lipinski definition) is 4. The Labute approximate surface area is 154 Å². The Hall–Kier alpha value is -2.59. The maximum atomic E-state index is 13.6. The maximum absolute atomic E-state index is 13.6. The van der Waals surface area contributed by atoms with E-state index >= 15 is 0 Å². The second-order valence-corrected chi connectivity index (χ2v) is 7.40. The zero-order valence-corrected chi connectivity index (χ0v) is 15.5. The van der Waals surface area contributed by atoms with Crippen LogP contribution in [0.4, 0.5) is 18.9 Å². The first-order chi connectivity index (χ1) is 12.6. The summed E-state index contributed by atoms with van der Waals surface area (Å²) in [4.78, 5) is 12.0. The molecule has 0 unspecified atom stereocenters. The van der Waals surface area contributed by atoms with E-state index in [1.54, 1.807) is 6.92 Å². The van der Waals surface area contributed by atoms with E-state index in [1.807, 2.05) is 5.32 Å². The van der Waals surface area contributed by atoms with E-state index in [1.165, 1.54) is 32.2 Å². The number of halogens is 3. The Balaban J connectivity index is 2.16. The minimum absolute atomic E-state index is 0.0977. The summed E-state index contributed by atoms with van der Waals surface area (Å²) in [7, 11) is -2.62. The van der Waals surface area contributed by atoms with Crippen LogP contribution in [0.2, 0.25) is 0 Å². The van der Waals surface area contributed by atoms with Crippen molar-refractivity contribution in [3.05, 3.63) is 53.3 Å². The normalized spacial score (nSPS) is 12.5. The second-order valence-electron chi connectivity index (χ2n) is 5.69. The van der Waals surface area contributed by atoms with E-state index in [9.17, 15) is 26.4 Å². The fourth-order valence-corrected chi connectivity index (χ4v) is 3.52. The highest BCUT2D eigenvalue weighted by molar-refractivity contribution is 7.89. The molecule has 27 heavy (non-hydrogen) atoms. The molecular weight excluding hydrogens is 385 g/mol. The number of carbonyl (C=O) groups is 1. The third-order valence-electron chi connectivity index (χ3n) is 3.69. The summed E-state index contributed by atoms with van der Waals surface area (Å²) in [6, 6.07) is 4.28. The minimum atomic E-state index is -4.06. The Morgan fingerprint density at radius 3 is 2.37 bits per heavy atom. The third kappa shape index (κ3) is 4.58. The van der Waals surface area contributed by atoms with Crippen LogP contribution in [-0.4, -0.2) is 27.5 Å². The van der Waals surface area contributed by atoms with Gasteiger partial charge in [0.1, 0.15) is 5.75 Å². The molecule has 2 aromatic carbocycles. The van der Waals surface area contributed by atoms with Gasteiger partial charge in [-0.1, -0.05) is 0 Å². The van der Waals surface area contributed by atoms with Crippen LogP contribution in [0, 0.1) is 24.4 Å². The lowest BCUT2D eigenvalue weighted by Gasteiger charge is -2.15. The Morgan fingerprint density at radius 1 is 1.11 bits per heavy atom. The van der Waals surface area contributed by atoms with Gasteiger partial charge in [0.15, 0.2) is 17.5 Å². The molecule has 0 bridgehead atoms. The SMILES string of the molecule is COc1ccc(S(=O)(=O)N[C@H](C)C(=O)Nc2ccc(F)c(F)c2F)cc1C. The molecule has 0 saturated carbocycles. The number of hydrogen-bond donors (Lipinski definition) is 2. The molecule has 0 radical (unpaired) electrons. The Kier molecular flexibility index (Phi) is 6.11. The number of sulfonamides is 1. The number of methoxy groups -OCH3 is 1. The van der Waals surface area contributed by atoms with Gasteiger partial charge in [0.05, 0.1) is 23.7 Å². The van der Waals surface area contributed by atoms with Crippen LogP contribution in [-0.2, 0) is 14.8 Å². The molecule has 1 atom stereocenters. The van der Waals surface area contributed by atoms with Gasteiger partial charge in [0.25, 0.3) is 0 Å². The molecule has 146 valence electrons. The molecule has 0 aliphatic rings. The van der Waals surface area contributed by atoms with Crippen LogP contribution < -0.4 is 14.8 Å². The summed E-state index contributed by atoms with van der Waals surface area (Å²) in [5.41, 5.74) is -0.0356. The van der Waals surface area contributed by atoms with Gasteiger partial charge >= 0.3 is 0 Å². The topological polar surface area (TPSA) is 84.5 Å². The zero-order chi connectivity index (χ0) is 20.4. The number of rotatable bonds is 6. The molecule has 10 heteroatoms. The summed E-state index contributed by atoms with van der Waals surface area (Å²) in [6.07, 6.45) is 0. The first-order valence-corrected chi connectivity index (χ1v) is 9.16. The summed E-state index contributed by atoms with van der Waals surface area (Å²) >= 11 is 0. The molecule has 0 aromatic heterocycles. The summed E-state index contributed by atoms with van der Waals surface area (Å²) in [5, 5.41) is 2.01. The van der Waals surface area contributed by atoms with Gasteiger partial charge in [-0.15, -0.1) is 0 Å². The summed E-state index contributed by atoms with van der Waals surface area (Å²) in [5.74, 6) is -5.18. The van der Waals surface area contributed by atoms with Gasteiger partial charge < -0.3 is 10.1 Å². The fourth-order valence-electron chi connectivity index (χ4n) is 2.24.